The number of hydrogen-bond acceptors (Lipinski definition) is 4. The first-order chi connectivity index (χ1) is 9.11. The lowest BCUT2D eigenvalue weighted by Crippen LogP contribution is -2.22. The minimum atomic E-state index is -0.790. The van der Waals surface area contributed by atoms with Gasteiger partial charge in [0.05, 0.1) is 22.6 Å². The van der Waals surface area contributed by atoms with E-state index in [1.165, 1.54) is 0 Å². The van der Waals surface area contributed by atoms with Crippen LogP contribution in [0.5, 0.6) is 0 Å². The number of nitrogens with one attached hydrogen (secondary N) is 1. The highest BCUT2D eigenvalue weighted by molar-refractivity contribution is 5.76. The number of nitrogens with zero attached hydrogens (tertiary/aromatic N) is 2. The molecule has 0 radical (unpaired) electrons. The molecule has 5 heteroatoms. The van der Waals surface area contributed by atoms with Gasteiger partial charge in [0.15, 0.2) is 0 Å². The molecule has 0 amide bonds. The molecule has 0 aliphatic rings. The molecule has 0 saturated carbocycles. The van der Waals surface area contributed by atoms with Gasteiger partial charge in [-0.1, -0.05) is 19.1 Å². The van der Waals surface area contributed by atoms with Crippen LogP contribution < -0.4 is 5.32 Å². The summed E-state index contributed by atoms with van der Waals surface area (Å²) in [6.45, 7) is 4.09. The maximum atomic E-state index is 11.0. The summed E-state index contributed by atoms with van der Waals surface area (Å²) in [6, 6.07) is 7.62. The molecule has 1 heterocycles. The first kappa shape index (κ1) is 13.3. The number of rotatable bonds is 5. The van der Waals surface area contributed by atoms with Crippen LogP contribution in [0, 0.1) is 12.8 Å². The summed E-state index contributed by atoms with van der Waals surface area (Å²) >= 11 is 0. The van der Waals surface area contributed by atoms with Gasteiger partial charge in [0.25, 0.3) is 0 Å². The zero-order valence-corrected chi connectivity index (χ0v) is 11.1. The predicted molar refractivity (Wildman–Crippen MR) is 74.2 cm³/mol. The molecule has 0 saturated heterocycles. The van der Waals surface area contributed by atoms with Gasteiger partial charge in [-0.2, -0.15) is 0 Å². The lowest BCUT2D eigenvalue weighted by molar-refractivity contribution is -0.141. The Bertz CT molecular complexity index is 598. The molecular weight excluding hydrogens is 242 g/mol. The van der Waals surface area contributed by atoms with Crippen molar-refractivity contribution in [3.63, 3.8) is 0 Å². The Morgan fingerprint density at radius 1 is 1.32 bits per heavy atom. The SMILES string of the molecule is CCC(CNc1nc2ccccc2nc1C)C(=O)O. The Morgan fingerprint density at radius 2 is 1.95 bits per heavy atom. The maximum absolute atomic E-state index is 11.0. The van der Waals surface area contributed by atoms with Crippen LogP contribution in [0.2, 0.25) is 0 Å². The van der Waals surface area contributed by atoms with Crippen molar-refractivity contribution in [3.8, 4) is 0 Å². The highest BCUT2D eigenvalue weighted by Crippen LogP contribution is 2.16. The molecule has 2 aromatic rings. The van der Waals surface area contributed by atoms with E-state index in [1.807, 2.05) is 38.1 Å². The van der Waals surface area contributed by atoms with E-state index >= 15 is 0 Å². The van der Waals surface area contributed by atoms with E-state index in [2.05, 4.69) is 15.3 Å². The van der Waals surface area contributed by atoms with E-state index in [0.717, 1.165) is 16.7 Å². The van der Waals surface area contributed by atoms with Gasteiger partial charge < -0.3 is 10.4 Å². The van der Waals surface area contributed by atoms with Crippen molar-refractivity contribution >= 4 is 22.8 Å². The molecular formula is C14H17N3O2. The number of anilines is 1. The van der Waals surface area contributed by atoms with Gasteiger partial charge in [0.2, 0.25) is 0 Å². The van der Waals surface area contributed by atoms with E-state index in [-0.39, 0.29) is 0 Å². The minimum Gasteiger partial charge on any atom is -0.481 e. The van der Waals surface area contributed by atoms with Crippen LogP contribution in [-0.2, 0) is 4.79 Å². The maximum Gasteiger partial charge on any atom is 0.308 e. The fraction of sp³-hybridized carbons (Fsp3) is 0.357. The lowest BCUT2D eigenvalue weighted by Gasteiger charge is -2.13. The van der Waals surface area contributed by atoms with E-state index in [0.29, 0.717) is 18.8 Å². The third-order valence-corrected chi connectivity index (χ3v) is 3.10. The molecule has 1 unspecified atom stereocenters. The van der Waals surface area contributed by atoms with E-state index in [1.54, 1.807) is 0 Å². The normalized spacial score (nSPS) is 12.3. The largest absolute Gasteiger partial charge is 0.481 e. The highest BCUT2D eigenvalue weighted by Gasteiger charge is 2.15. The molecule has 0 fully saturated rings. The molecule has 1 aromatic heterocycles. The molecule has 2 rings (SSSR count). The predicted octanol–water partition coefficient (Wildman–Crippen LogP) is 2.46. The Morgan fingerprint density at radius 3 is 2.53 bits per heavy atom. The third kappa shape index (κ3) is 2.99. The first-order valence-electron chi connectivity index (χ1n) is 6.32. The number of carboxylic acid groups (broad SMARTS) is 1. The Kier molecular flexibility index (Phi) is 3.94. The summed E-state index contributed by atoms with van der Waals surface area (Å²) in [5.41, 5.74) is 2.42. The second kappa shape index (κ2) is 5.65. The Labute approximate surface area is 111 Å². The molecule has 1 atom stereocenters. The molecule has 0 bridgehead atoms. The average molecular weight is 259 g/mol. The van der Waals surface area contributed by atoms with Crippen LogP contribution in [0.1, 0.15) is 19.0 Å². The molecule has 19 heavy (non-hydrogen) atoms. The fourth-order valence-corrected chi connectivity index (χ4v) is 1.88. The lowest BCUT2D eigenvalue weighted by atomic mass is 10.1. The topological polar surface area (TPSA) is 75.1 Å². The van der Waals surface area contributed by atoms with Gasteiger partial charge in [0.1, 0.15) is 5.82 Å². The van der Waals surface area contributed by atoms with Crippen molar-refractivity contribution in [1.29, 1.82) is 0 Å². The zero-order valence-electron chi connectivity index (χ0n) is 11.1. The van der Waals surface area contributed by atoms with Crippen molar-refractivity contribution in [3.05, 3.63) is 30.0 Å². The molecule has 0 aliphatic heterocycles. The number of carboxylic acids is 1. The molecule has 0 aliphatic carbocycles. The second-order valence-corrected chi connectivity index (χ2v) is 4.47. The smallest absolute Gasteiger partial charge is 0.308 e. The summed E-state index contributed by atoms with van der Waals surface area (Å²) in [4.78, 5) is 19.9. The van der Waals surface area contributed by atoms with Crippen LogP contribution >= 0.6 is 0 Å². The van der Waals surface area contributed by atoms with Gasteiger partial charge in [0, 0.05) is 6.54 Å². The van der Waals surface area contributed by atoms with Gasteiger partial charge >= 0.3 is 5.97 Å². The van der Waals surface area contributed by atoms with Gasteiger partial charge in [-0.3, -0.25) is 4.79 Å². The number of para-hydroxylation sites is 2. The number of aromatic nitrogens is 2. The van der Waals surface area contributed by atoms with Crippen LogP contribution in [0.3, 0.4) is 0 Å². The average Bonchev–Trinajstić information content (AvgIpc) is 2.39. The van der Waals surface area contributed by atoms with Crippen LogP contribution in [0.4, 0.5) is 5.82 Å². The van der Waals surface area contributed by atoms with E-state index in [9.17, 15) is 4.79 Å². The Hall–Kier alpha value is -2.17. The third-order valence-electron chi connectivity index (χ3n) is 3.10. The second-order valence-electron chi connectivity index (χ2n) is 4.47. The van der Waals surface area contributed by atoms with Crippen molar-refractivity contribution in [2.75, 3.05) is 11.9 Å². The van der Waals surface area contributed by atoms with Gasteiger partial charge in [-0.05, 0) is 25.5 Å². The number of aliphatic carboxylic acids is 1. The standard InChI is InChI=1S/C14H17N3O2/c1-3-10(14(18)19)8-15-13-9(2)16-11-6-4-5-7-12(11)17-13/h4-7,10H,3,8H2,1-2H3,(H,15,17)(H,18,19). The number of carbonyl (C=O) groups is 1. The van der Waals surface area contributed by atoms with Crippen molar-refractivity contribution < 1.29 is 9.90 Å². The van der Waals surface area contributed by atoms with Crippen molar-refractivity contribution in [2.45, 2.75) is 20.3 Å². The van der Waals surface area contributed by atoms with Crippen LogP contribution in [0.25, 0.3) is 11.0 Å². The molecule has 2 N–H and O–H groups in total. The van der Waals surface area contributed by atoms with Gasteiger partial charge in [-0.15, -0.1) is 0 Å². The van der Waals surface area contributed by atoms with Crippen LogP contribution in [0.15, 0.2) is 24.3 Å². The molecule has 5 nitrogen and oxygen atoms in total. The first-order valence-corrected chi connectivity index (χ1v) is 6.32. The summed E-state index contributed by atoms with van der Waals surface area (Å²) < 4.78 is 0. The van der Waals surface area contributed by atoms with E-state index in [4.69, 9.17) is 5.11 Å². The summed E-state index contributed by atoms with van der Waals surface area (Å²) in [6.07, 6.45) is 0.586. The number of fused-ring (bicyclic) bond motifs is 1. The molecule has 1 aromatic carbocycles. The van der Waals surface area contributed by atoms with Crippen molar-refractivity contribution in [1.82, 2.24) is 9.97 Å². The highest BCUT2D eigenvalue weighted by atomic mass is 16.4. The summed E-state index contributed by atoms with van der Waals surface area (Å²) in [5.74, 6) is -0.549. The monoisotopic (exact) mass is 259 g/mol. The Balaban J connectivity index is 2.20. The summed E-state index contributed by atoms with van der Waals surface area (Å²) in [7, 11) is 0. The number of aryl methyl sites for hydroxylation is 1. The molecule has 0 spiro atoms. The number of benzene rings is 1. The van der Waals surface area contributed by atoms with Gasteiger partial charge in [-0.25, -0.2) is 9.97 Å². The fourth-order valence-electron chi connectivity index (χ4n) is 1.88. The summed E-state index contributed by atoms with van der Waals surface area (Å²) in [5, 5.41) is 12.1. The number of hydrogen-bond donors (Lipinski definition) is 2. The van der Waals surface area contributed by atoms with Crippen molar-refractivity contribution in [2.24, 2.45) is 5.92 Å². The van der Waals surface area contributed by atoms with Crippen LogP contribution in [-0.4, -0.2) is 27.6 Å². The van der Waals surface area contributed by atoms with E-state index < -0.39 is 11.9 Å². The quantitative estimate of drug-likeness (QED) is 0.862. The minimum absolute atomic E-state index is 0.361. The zero-order chi connectivity index (χ0) is 13.8. The molecule has 100 valence electrons.